The first kappa shape index (κ1) is 13.8. The average Bonchev–Trinajstić information content (AvgIpc) is 2.37. The summed E-state index contributed by atoms with van der Waals surface area (Å²) in [5, 5.41) is 3.46. The van der Waals surface area contributed by atoms with Crippen LogP contribution in [0.3, 0.4) is 0 Å². The Bertz CT molecular complexity index is 543. The maximum atomic E-state index is 13.5. The molecule has 0 aliphatic rings. The molecule has 0 spiro atoms. The fraction of sp³-hybridized carbons (Fsp3) is 0.294. The second-order valence-electron chi connectivity index (χ2n) is 4.85. The minimum Gasteiger partial charge on any atom is -0.307 e. The number of rotatable bonds is 4. The molecule has 0 bridgehead atoms. The van der Waals surface area contributed by atoms with Crippen LogP contribution in [0.5, 0.6) is 0 Å². The normalized spacial score (nSPS) is 12.4. The maximum Gasteiger partial charge on any atom is 0.123 e. The summed E-state index contributed by atoms with van der Waals surface area (Å²) < 4.78 is 13.5. The van der Waals surface area contributed by atoms with Gasteiger partial charge in [-0.05, 0) is 54.8 Å². The predicted octanol–water partition coefficient (Wildman–Crippen LogP) is 4.14. The SMILES string of the molecule is CCNC(c1cccc(F)c1)c1c(C)cccc1C. The Balaban J connectivity index is 2.51. The first-order valence-corrected chi connectivity index (χ1v) is 6.68. The van der Waals surface area contributed by atoms with Gasteiger partial charge in [-0.1, -0.05) is 37.3 Å². The van der Waals surface area contributed by atoms with Gasteiger partial charge < -0.3 is 5.32 Å². The quantitative estimate of drug-likeness (QED) is 0.868. The number of benzene rings is 2. The van der Waals surface area contributed by atoms with Crippen LogP contribution < -0.4 is 5.32 Å². The highest BCUT2D eigenvalue weighted by Gasteiger charge is 2.17. The highest BCUT2D eigenvalue weighted by atomic mass is 19.1. The van der Waals surface area contributed by atoms with E-state index in [1.165, 1.54) is 22.8 Å². The van der Waals surface area contributed by atoms with E-state index in [1.807, 2.05) is 6.07 Å². The van der Waals surface area contributed by atoms with Crippen molar-refractivity contribution in [2.24, 2.45) is 0 Å². The van der Waals surface area contributed by atoms with Gasteiger partial charge in [0.1, 0.15) is 5.82 Å². The Morgan fingerprint density at radius 3 is 2.26 bits per heavy atom. The van der Waals surface area contributed by atoms with Gasteiger partial charge in [0.2, 0.25) is 0 Å². The highest BCUT2D eigenvalue weighted by molar-refractivity contribution is 5.42. The first-order chi connectivity index (χ1) is 9.13. The van der Waals surface area contributed by atoms with Crippen molar-refractivity contribution in [1.29, 1.82) is 0 Å². The molecule has 0 saturated heterocycles. The molecule has 2 aromatic rings. The molecule has 2 aromatic carbocycles. The molecule has 0 aliphatic carbocycles. The van der Waals surface area contributed by atoms with Crippen molar-refractivity contribution in [3.8, 4) is 0 Å². The summed E-state index contributed by atoms with van der Waals surface area (Å²) in [5.41, 5.74) is 4.68. The third kappa shape index (κ3) is 3.02. The summed E-state index contributed by atoms with van der Waals surface area (Å²) >= 11 is 0. The van der Waals surface area contributed by atoms with E-state index in [-0.39, 0.29) is 11.9 Å². The molecule has 2 rings (SSSR count). The molecule has 0 amide bonds. The smallest absolute Gasteiger partial charge is 0.123 e. The summed E-state index contributed by atoms with van der Waals surface area (Å²) in [4.78, 5) is 0. The van der Waals surface area contributed by atoms with Gasteiger partial charge in [-0.2, -0.15) is 0 Å². The molecule has 19 heavy (non-hydrogen) atoms. The predicted molar refractivity (Wildman–Crippen MR) is 77.8 cm³/mol. The van der Waals surface area contributed by atoms with Crippen LogP contribution in [0.1, 0.15) is 35.2 Å². The lowest BCUT2D eigenvalue weighted by Crippen LogP contribution is -2.23. The van der Waals surface area contributed by atoms with E-state index in [1.54, 1.807) is 12.1 Å². The number of hydrogen-bond acceptors (Lipinski definition) is 1. The Labute approximate surface area is 114 Å². The summed E-state index contributed by atoms with van der Waals surface area (Å²) in [7, 11) is 0. The largest absolute Gasteiger partial charge is 0.307 e. The zero-order valence-electron chi connectivity index (χ0n) is 11.7. The lowest BCUT2D eigenvalue weighted by molar-refractivity contribution is 0.600. The Morgan fingerprint density at radius 1 is 1.05 bits per heavy atom. The molecule has 1 nitrogen and oxygen atoms in total. The molecule has 0 aliphatic heterocycles. The molecule has 1 unspecified atom stereocenters. The monoisotopic (exact) mass is 257 g/mol. The van der Waals surface area contributed by atoms with Crippen molar-refractivity contribution in [2.45, 2.75) is 26.8 Å². The molecule has 1 N–H and O–H groups in total. The fourth-order valence-corrected chi connectivity index (χ4v) is 2.56. The van der Waals surface area contributed by atoms with E-state index in [0.717, 1.165) is 12.1 Å². The van der Waals surface area contributed by atoms with Crippen LogP contribution in [-0.4, -0.2) is 6.54 Å². The molecular weight excluding hydrogens is 237 g/mol. The molecule has 0 fully saturated rings. The molecular formula is C17H20FN. The number of aryl methyl sites for hydroxylation is 2. The third-order valence-electron chi connectivity index (χ3n) is 3.42. The van der Waals surface area contributed by atoms with Crippen molar-refractivity contribution < 1.29 is 4.39 Å². The number of hydrogen-bond donors (Lipinski definition) is 1. The summed E-state index contributed by atoms with van der Waals surface area (Å²) in [6, 6.07) is 13.1. The minimum atomic E-state index is -0.188. The molecule has 0 radical (unpaired) electrons. The standard InChI is InChI=1S/C17H20FN/c1-4-19-17(14-9-6-10-15(18)11-14)16-12(2)7-5-8-13(16)3/h5-11,17,19H,4H2,1-3H3. The Hall–Kier alpha value is -1.67. The van der Waals surface area contributed by atoms with Gasteiger partial charge in [0, 0.05) is 0 Å². The molecule has 0 saturated carbocycles. The lowest BCUT2D eigenvalue weighted by atomic mass is 9.91. The van der Waals surface area contributed by atoms with Crippen molar-refractivity contribution in [3.63, 3.8) is 0 Å². The van der Waals surface area contributed by atoms with E-state index in [9.17, 15) is 4.39 Å². The Kier molecular flexibility index (Phi) is 4.33. The maximum absolute atomic E-state index is 13.5. The molecule has 1 atom stereocenters. The highest BCUT2D eigenvalue weighted by Crippen LogP contribution is 2.28. The molecule has 2 heteroatoms. The fourth-order valence-electron chi connectivity index (χ4n) is 2.56. The van der Waals surface area contributed by atoms with Crippen molar-refractivity contribution in [2.75, 3.05) is 6.54 Å². The van der Waals surface area contributed by atoms with Gasteiger partial charge >= 0.3 is 0 Å². The lowest BCUT2D eigenvalue weighted by Gasteiger charge is -2.23. The van der Waals surface area contributed by atoms with Crippen LogP contribution in [0, 0.1) is 19.7 Å². The van der Waals surface area contributed by atoms with Gasteiger partial charge in [0.05, 0.1) is 6.04 Å². The van der Waals surface area contributed by atoms with Gasteiger partial charge in [0.25, 0.3) is 0 Å². The molecule has 0 heterocycles. The third-order valence-corrected chi connectivity index (χ3v) is 3.42. The van der Waals surface area contributed by atoms with Crippen LogP contribution in [-0.2, 0) is 0 Å². The molecule has 0 aromatic heterocycles. The van der Waals surface area contributed by atoms with E-state index in [4.69, 9.17) is 0 Å². The zero-order chi connectivity index (χ0) is 13.8. The number of halogens is 1. The zero-order valence-corrected chi connectivity index (χ0v) is 11.7. The van der Waals surface area contributed by atoms with E-state index in [0.29, 0.717) is 0 Å². The van der Waals surface area contributed by atoms with Crippen molar-refractivity contribution in [1.82, 2.24) is 5.32 Å². The van der Waals surface area contributed by atoms with Crippen LogP contribution in [0.15, 0.2) is 42.5 Å². The minimum absolute atomic E-state index is 0.0434. The summed E-state index contributed by atoms with van der Waals surface area (Å²) in [6.45, 7) is 7.12. The summed E-state index contributed by atoms with van der Waals surface area (Å²) in [5.74, 6) is -0.188. The number of nitrogens with one attached hydrogen (secondary N) is 1. The average molecular weight is 257 g/mol. The van der Waals surface area contributed by atoms with Gasteiger partial charge in [0.15, 0.2) is 0 Å². The van der Waals surface area contributed by atoms with E-state index >= 15 is 0 Å². The van der Waals surface area contributed by atoms with Crippen LogP contribution in [0.2, 0.25) is 0 Å². The second-order valence-corrected chi connectivity index (χ2v) is 4.85. The van der Waals surface area contributed by atoms with Gasteiger partial charge in [-0.15, -0.1) is 0 Å². The van der Waals surface area contributed by atoms with Crippen LogP contribution in [0.4, 0.5) is 4.39 Å². The van der Waals surface area contributed by atoms with E-state index in [2.05, 4.69) is 44.3 Å². The topological polar surface area (TPSA) is 12.0 Å². The van der Waals surface area contributed by atoms with Crippen molar-refractivity contribution >= 4 is 0 Å². The first-order valence-electron chi connectivity index (χ1n) is 6.68. The van der Waals surface area contributed by atoms with Gasteiger partial charge in [-0.3, -0.25) is 0 Å². The molecule has 100 valence electrons. The Morgan fingerprint density at radius 2 is 1.68 bits per heavy atom. The summed E-state index contributed by atoms with van der Waals surface area (Å²) in [6.07, 6.45) is 0. The second kappa shape index (κ2) is 5.98. The van der Waals surface area contributed by atoms with Crippen LogP contribution >= 0.6 is 0 Å². The van der Waals surface area contributed by atoms with E-state index < -0.39 is 0 Å². The van der Waals surface area contributed by atoms with Crippen LogP contribution in [0.25, 0.3) is 0 Å². The van der Waals surface area contributed by atoms with Gasteiger partial charge in [-0.25, -0.2) is 4.39 Å². The van der Waals surface area contributed by atoms with Crippen molar-refractivity contribution in [3.05, 3.63) is 70.5 Å².